The molecule has 0 aromatic carbocycles. The zero-order chi connectivity index (χ0) is 11.5. The van der Waals surface area contributed by atoms with Crippen LogP contribution in [0.15, 0.2) is 0 Å². The molecule has 1 saturated carbocycles. The van der Waals surface area contributed by atoms with Crippen LogP contribution >= 0.6 is 0 Å². The van der Waals surface area contributed by atoms with Crippen molar-refractivity contribution < 1.29 is 9.53 Å². The number of nitrogens with zero attached hydrogens (tertiary/aromatic N) is 1. The zero-order valence-electron chi connectivity index (χ0n) is 10.2. The minimum Gasteiger partial charge on any atom is -0.468 e. The monoisotopic (exact) mass is 214 g/mol. The maximum atomic E-state index is 11.6. The summed E-state index contributed by atoms with van der Waals surface area (Å²) in [7, 11) is 5.51. The van der Waals surface area contributed by atoms with E-state index in [1.807, 2.05) is 14.1 Å². The lowest BCUT2D eigenvalue weighted by Crippen LogP contribution is -2.61. The Morgan fingerprint density at radius 2 is 2.13 bits per heavy atom. The van der Waals surface area contributed by atoms with Gasteiger partial charge in [0.15, 0.2) is 0 Å². The van der Waals surface area contributed by atoms with Crippen molar-refractivity contribution in [1.29, 1.82) is 0 Å². The molecule has 1 rings (SSSR count). The first-order valence-electron chi connectivity index (χ1n) is 5.48. The van der Waals surface area contributed by atoms with Crippen LogP contribution in [0.5, 0.6) is 0 Å². The largest absolute Gasteiger partial charge is 0.468 e. The number of carbonyl (C=O) groups is 1. The second-order valence-electron chi connectivity index (χ2n) is 4.82. The lowest BCUT2D eigenvalue weighted by molar-refractivity contribution is -0.154. The molecule has 0 unspecified atom stereocenters. The standard InChI is InChI=1S/C11H22N2O2/c1-9-7-11(8-9,10(14)15-4)12-5-6-13(2)3/h9,12H,5-8H2,1-4H3. The van der Waals surface area contributed by atoms with Crippen molar-refractivity contribution in [3.05, 3.63) is 0 Å². The van der Waals surface area contributed by atoms with Crippen LogP contribution in [0.1, 0.15) is 19.8 Å². The van der Waals surface area contributed by atoms with E-state index in [1.54, 1.807) is 0 Å². The first-order chi connectivity index (χ1) is 7.00. The van der Waals surface area contributed by atoms with Gasteiger partial charge in [0.1, 0.15) is 5.54 Å². The van der Waals surface area contributed by atoms with Gasteiger partial charge >= 0.3 is 5.97 Å². The molecule has 0 aromatic heterocycles. The van der Waals surface area contributed by atoms with Crippen molar-refractivity contribution in [2.45, 2.75) is 25.3 Å². The van der Waals surface area contributed by atoms with Crippen molar-refractivity contribution in [1.82, 2.24) is 10.2 Å². The lowest BCUT2D eigenvalue weighted by Gasteiger charge is -2.44. The third kappa shape index (κ3) is 2.92. The number of carbonyl (C=O) groups excluding carboxylic acids is 1. The SMILES string of the molecule is COC(=O)C1(NCCN(C)C)CC(C)C1. The smallest absolute Gasteiger partial charge is 0.326 e. The molecule has 0 bridgehead atoms. The van der Waals surface area contributed by atoms with Gasteiger partial charge in [-0.1, -0.05) is 6.92 Å². The van der Waals surface area contributed by atoms with Gasteiger partial charge in [0.2, 0.25) is 0 Å². The number of nitrogens with one attached hydrogen (secondary N) is 1. The molecule has 0 heterocycles. The van der Waals surface area contributed by atoms with E-state index in [-0.39, 0.29) is 5.97 Å². The fourth-order valence-electron chi connectivity index (χ4n) is 2.23. The predicted molar refractivity (Wildman–Crippen MR) is 59.7 cm³/mol. The van der Waals surface area contributed by atoms with Crippen LogP contribution in [0.3, 0.4) is 0 Å². The molecule has 0 saturated heterocycles. The first-order valence-corrected chi connectivity index (χ1v) is 5.48. The molecular weight excluding hydrogens is 192 g/mol. The van der Waals surface area contributed by atoms with Crippen molar-refractivity contribution in [3.63, 3.8) is 0 Å². The number of esters is 1. The van der Waals surface area contributed by atoms with Crippen LogP contribution in [0, 0.1) is 5.92 Å². The van der Waals surface area contributed by atoms with E-state index < -0.39 is 5.54 Å². The molecule has 4 heteroatoms. The highest BCUT2D eigenvalue weighted by molar-refractivity contribution is 5.82. The van der Waals surface area contributed by atoms with Crippen LogP contribution in [0.25, 0.3) is 0 Å². The third-order valence-electron chi connectivity index (χ3n) is 2.99. The first kappa shape index (κ1) is 12.5. The molecule has 0 atom stereocenters. The van der Waals surface area contributed by atoms with E-state index in [2.05, 4.69) is 17.1 Å². The molecule has 1 aliphatic carbocycles. The normalized spacial score (nSPS) is 30.1. The Balaban J connectivity index is 2.42. The van der Waals surface area contributed by atoms with Gasteiger partial charge in [0.05, 0.1) is 7.11 Å². The minimum atomic E-state index is -0.399. The third-order valence-corrected chi connectivity index (χ3v) is 2.99. The zero-order valence-corrected chi connectivity index (χ0v) is 10.2. The summed E-state index contributed by atoms with van der Waals surface area (Å²) in [4.78, 5) is 13.7. The van der Waals surface area contributed by atoms with Crippen molar-refractivity contribution >= 4 is 5.97 Å². The van der Waals surface area contributed by atoms with Gasteiger partial charge in [0.25, 0.3) is 0 Å². The Kier molecular flexibility index (Phi) is 4.11. The molecule has 1 N–H and O–H groups in total. The van der Waals surface area contributed by atoms with Gasteiger partial charge < -0.3 is 15.0 Å². The Bertz CT molecular complexity index is 223. The Morgan fingerprint density at radius 1 is 1.53 bits per heavy atom. The van der Waals surface area contributed by atoms with Crippen LogP contribution in [0.2, 0.25) is 0 Å². The molecule has 0 spiro atoms. The molecule has 0 aromatic rings. The van der Waals surface area contributed by atoms with Gasteiger partial charge in [-0.2, -0.15) is 0 Å². The summed E-state index contributed by atoms with van der Waals surface area (Å²) in [5, 5.41) is 3.33. The Hall–Kier alpha value is -0.610. The van der Waals surface area contributed by atoms with Gasteiger partial charge in [0, 0.05) is 13.1 Å². The van der Waals surface area contributed by atoms with Gasteiger partial charge in [-0.05, 0) is 32.9 Å². The Morgan fingerprint density at radius 3 is 2.53 bits per heavy atom. The van der Waals surface area contributed by atoms with E-state index in [0.717, 1.165) is 25.9 Å². The van der Waals surface area contributed by atoms with Crippen molar-refractivity contribution in [3.8, 4) is 0 Å². The number of hydrogen-bond acceptors (Lipinski definition) is 4. The molecule has 88 valence electrons. The van der Waals surface area contributed by atoms with Crippen LogP contribution < -0.4 is 5.32 Å². The van der Waals surface area contributed by atoms with Crippen LogP contribution in [-0.4, -0.2) is 50.7 Å². The molecule has 15 heavy (non-hydrogen) atoms. The number of rotatable bonds is 5. The number of likely N-dealkylation sites (N-methyl/N-ethyl adjacent to an activating group) is 1. The molecule has 4 nitrogen and oxygen atoms in total. The summed E-state index contributed by atoms with van der Waals surface area (Å²) in [6, 6.07) is 0. The summed E-state index contributed by atoms with van der Waals surface area (Å²) in [5.74, 6) is 0.510. The molecule has 0 amide bonds. The quantitative estimate of drug-likeness (QED) is 0.676. The molecule has 1 aliphatic rings. The lowest BCUT2D eigenvalue weighted by atomic mass is 9.69. The topological polar surface area (TPSA) is 41.6 Å². The summed E-state index contributed by atoms with van der Waals surface area (Å²) >= 11 is 0. The summed E-state index contributed by atoms with van der Waals surface area (Å²) in [6.45, 7) is 3.93. The average molecular weight is 214 g/mol. The van der Waals surface area contributed by atoms with E-state index in [0.29, 0.717) is 5.92 Å². The maximum Gasteiger partial charge on any atom is 0.326 e. The fraction of sp³-hybridized carbons (Fsp3) is 0.909. The molecule has 1 fully saturated rings. The average Bonchev–Trinajstić information content (AvgIpc) is 2.12. The van der Waals surface area contributed by atoms with Gasteiger partial charge in [-0.25, -0.2) is 0 Å². The van der Waals surface area contributed by atoms with Crippen LogP contribution in [0.4, 0.5) is 0 Å². The van der Waals surface area contributed by atoms with E-state index >= 15 is 0 Å². The Labute approximate surface area is 92.0 Å². The number of ether oxygens (including phenoxy) is 1. The molecule has 0 aliphatic heterocycles. The highest BCUT2D eigenvalue weighted by Gasteiger charge is 2.48. The van der Waals surface area contributed by atoms with Crippen molar-refractivity contribution in [2.75, 3.05) is 34.3 Å². The summed E-state index contributed by atoms with van der Waals surface area (Å²) in [5.41, 5.74) is -0.399. The summed E-state index contributed by atoms with van der Waals surface area (Å²) in [6.07, 6.45) is 1.79. The predicted octanol–water partition coefficient (Wildman–Crippen LogP) is 0.479. The highest BCUT2D eigenvalue weighted by atomic mass is 16.5. The van der Waals surface area contributed by atoms with Crippen LogP contribution in [-0.2, 0) is 9.53 Å². The second kappa shape index (κ2) is 4.94. The van der Waals surface area contributed by atoms with E-state index in [1.165, 1.54) is 7.11 Å². The summed E-state index contributed by atoms with van der Waals surface area (Å²) < 4.78 is 4.85. The maximum absolute atomic E-state index is 11.6. The number of hydrogen-bond donors (Lipinski definition) is 1. The van der Waals surface area contributed by atoms with E-state index in [9.17, 15) is 4.79 Å². The minimum absolute atomic E-state index is 0.112. The second-order valence-corrected chi connectivity index (χ2v) is 4.82. The van der Waals surface area contributed by atoms with Gasteiger partial charge in [-0.15, -0.1) is 0 Å². The van der Waals surface area contributed by atoms with Crippen molar-refractivity contribution in [2.24, 2.45) is 5.92 Å². The van der Waals surface area contributed by atoms with Gasteiger partial charge in [-0.3, -0.25) is 4.79 Å². The van der Waals surface area contributed by atoms with E-state index in [4.69, 9.17) is 4.74 Å². The molecule has 0 radical (unpaired) electrons. The highest BCUT2D eigenvalue weighted by Crippen LogP contribution is 2.38. The fourth-order valence-corrected chi connectivity index (χ4v) is 2.23. The molecular formula is C11H22N2O2. The number of methoxy groups -OCH3 is 1.